The number of rotatable bonds is 4. The van der Waals surface area contributed by atoms with Crippen molar-refractivity contribution in [3.05, 3.63) is 48.1 Å². The van der Waals surface area contributed by atoms with Crippen molar-refractivity contribution < 1.29 is 14.3 Å². The van der Waals surface area contributed by atoms with Crippen LogP contribution in [-0.4, -0.2) is 18.4 Å². The van der Waals surface area contributed by atoms with Gasteiger partial charge in [-0.3, -0.25) is 4.79 Å². The van der Waals surface area contributed by atoms with Gasteiger partial charge < -0.3 is 4.74 Å². The zero-order valence-electron chi connectivity index (χ0n) is 16.5. The molecular weight excluding hydrogens is 336 g/mol. The van der Waals surface area contributed by atoms with E-state index in [4.69, 9.17) is 4.74 Å². The molecule has 0 saturated heterocycles. The average Bonchev–Trinajstić information content (AvgIpc) is 2.99. The topological polar surface area (TPSA) is 43.4 Å². The van der Waals surface area contributed by atoms with Gasteiger partial charge in [-0.1, -0.05) is 43.7 Å². The van der Waals surface area contributed by atoms with E-state index in [1.165, 1.54) is 36.5 Å². The Bertz CT molecular complexity index is 770. The van der Waals surface area contributed by atoms with Gasteiger partial charge >= 0.3 is 5.97 Å². The van der Waals surface area contributed by atoms with Crippen molar-refractivity contribution in [2.75, 3.05) is 6.61 Å². The van der Waals surface area contributed by atoms with Gasteiger partial charge in [0.2, 0.25) is 0 Å². The van der Waals surface area contributed by atoms with Gasteiger partial charge in [0.1, 0.15) is 0 Å². The van der Waals surface area contributed by atoms with Crippen molar-refractivity contribution in [1.29, 1.82) is 0 Å². The zero-order chi connectivity index (χ0) is 19.2. The smallest absolute Gasteiger partial charge is 0.330 e. The first kappa shape index (κ1) is 18.5. The highest BCUT2D eigenvalue weighted by molar-refractivity contribution is 6.01. The van der Waals surface area contributed by atoms with Gasteiger partial charge in [-0.15, -0.1) is 0 Å². The molecule has 0 heterocycles. The lowest BCUT2D eigenvalue weighted by molar-refractivity contribution is -0.137. The summed E-state index contributed by atoms with van der Waals surface area (Å²) in [6.45, 7) is 8.68. The number of ether oxygens (including phenoxy) is 1. The molecule has 2 saturated carbocycles. The largest absolute Gasteiger partial charge is 0.462 e. The summed E-state index contributed by atoms with van der Waals surface area (Å²) in [5.74, 6) is 1.82. The van der Waals surface area contributed by atoms with Gasteiger partial charge in [-0.2, -0.15) is 0 Å². The fourth-order valence-electron chi connectivity index (χ4n) is 6.56. The number of carbonyl (C=O) groups is 2. The predicted octanol–water partition coefficient (Wildman–Crippen LogP) is 4.95. The Labute approximate surface area is 162 Å². The molecule has 3 nitrogen and oxygen atoms in total. The van der Waals surface area contributed by atoms with Crippen molar-refractivity contribution in [2.24, 2.45) is 28.6 Å². The SMILES string of the molecule is C=CC(=O)OCCC1=CC[C@H]2[C@@H]3CCC4=CC(=O)C=C[C@]4(C)[C@H]3CC[C@]12C. The molecule has 144 valence electrons. The van der Waals surface area contributed by atoms with Crippen LogP contribution in [0.3, 0.4) is 0 Å². The van der Waals surface area contributed by atoms with Gasteiger partial charge in [0, 0.05) is 17.9 Å². The first-order chi connectivity index (χ1) is 12.9. The Morgan fingerprint density at radius 3 is 2.93 bits per heavy atom. The summed E-state index contributed by atoms with van der Waals surface area (Å²) in [7, 11) is 0. The highest BCUT2D eigenvalue weighted by Crippen LogP contribution is 2.64. The molecule has 4 aliphatic rings. The molecule has 0 aromatic heterocycles. The van der Waals surface area contributed by atoms with Gasteiger partial charge in [0.15, 0.2) is 5.78 Å². The van der Waals surface area contributed by atoms with Gasteiger partial charge in [-0.25, -0.2) is 4.79 Å². The number of hydrogen-bond acceptors (Lipinski definition) is 3. The van der Waals surface area contributed by atoms with Gasteiger partial charge in [-0.05, 0) is 67.4 Å². The number of allylic oxidation sites excluding steroid dienone is 5. The monoisotopic (exact) mass is 366 g/mol. The van der Waals surface area contributed by atoms with Crippen LogP contribution in [0.25, 0.3) is 0 Å². The van der Waals surface area contributed by atoms with Gasteiger partial charge in [0.05, 0.1) is 6.61 Å². The minimum absolute atomic E-state index is 0.0560. The van der Waals surface area contributed by atoms with Crippen molar-refractivity contribution in [3.63, 3.8) is 0 Å². The number of fused-ring (bicyclic) bond motifs is 5. The third-order valence-electron chi connectivity index (χ3n) is 8.08. The van der Waals surface area contributed by atoms with Crippen LogP contribution in [0, 0.1) is 28.6 Å². The molecule has 3 heteroatoms. The average molecular weight is 367 g/mol. The van der Waals surface area contributed by atoms with Crippen molar-refractivity contribution in [1.82, 2.24) is 0 Å². The second kappa shape index (κ2) is 6.61. The molecule has 0 bridgehead atoms. The molecule has 0 aliphatic heterocycles. The summed E-state index contributed by atoms with van der Waals surface area (Å²) in [5.41, 5.74) is 3.11. The van der Waals surface area contributed by atoms with Crippen LogP contribution in [0.2, 0.25) is 0 Å². The molecule has 4 aliphatic carbocycles. The summed E-state index contributed by atoms with van der Waals surface area (Å²) >= 11 is 0. The summed E-state index contributed by atoms with van der Waals surface area (Å²) < 4.78 is 5.23. The lowest BCUT2D eigenvalue weighted by Gasteiger charge is -2.56. The fraction of sp³-hybridized carbons (Fsp3) is 0.583. The minimum atomic E-state index is -0.336. The third-order valence-corrected chi connectivity index (χ3v) is 8.08. The molecule has 0 amide bonds. The van der Waals surface area contributed by atoms with Crippen molar-refractivity contribution in [2.45, 2.75) is 52.4 Å². The van der Waals surface area contributed by atoms with Crippen molar-refractivity contribution in [3.8, 4) is 0 Å². The number of esters is 1. The number of carbonyl (C=O) groups excluding carboxylic acids is 2. The molecular formula is C24H30O3. The molecule has 0 radical (unpaired) electrons. The lowest BCUT2D eigenvalue weighted by Crippen LogP contribution is -2.49. The van der Waals surface area contributed by atoms with Crippen LogP contribution >= 0.6 is 0 Å². The van der Waals surface area contributed by atoms with E-state index in [0.717, 1.165) is 19.3 Å². The molecule has 5 atom stereocenters. The van der Waals surface area contributed by atoms with E-state index in [2.05, 4.69) is 32.6 Å². The number of ketones is 1. The van der Waals surface area contributed by atoms with Crippen LogP contribution in [0.5, 0.6) is 0 Å². The molecule has 0 aromatic carbocycles. The Morgan fingerprint density at radius 2 is 2.15 bits per heavy atom. The quantitative estimate of drug-likeness (QED) is 0.402. The summed E-state index contributed by atoms with van der Waals surface area (Å²) in [6, 6.07) is 0. The first-order valence-electron chi connectivity index (χ1n) is 10.3. The Morgan fingerprint density at radius 1 is 1.33 bits per heavy atom. The maximum atomic E-state index is 11.9. The lowest BCUT2D eigenvalue weighted by atomic mass is 9.48. The Kier molecular flexibility index (Phi) is 4.52. The second-order valence-electron chi connectivity index (χ2n) is 9.15. The summed E-state index contributed by atoms with van der Waals surface area (Å²) in [5, 5.41) is 0. The Hall–Kier alpha value is -1.90. The molecule has 4 rings (SSSR count). The van der Waals surface area contributed by atoms with Crippen LogP contribution < -0.4 is 0 Å². The predicted molar refractivity (Wildman–Crippen MR) is 106 cm³/mol. The minimum Gasteiger partial charge on any atom is -0.462 e. The molecule has 0 spiro atoms. The second-order valence-corrected chi connectivity index (χ2v) is 9.15. The fourth-order valence-corrected chi connectivity index (χ4v) is 6.56. The van der Waals surface area contributed by atoms with Crippen LogP contribution in [0.15, 0.2) is 48.1 Å². The normalized spacial score (nSPS) is 39.6. The molecule has 0 aromatic rings. The number of hydrogen-bond donors (Lipinski definition) is 0. The molecule has 0 unspecified atom stereocenters. The summed E-state index contributed by atoms with van der Waals surface area (Å²) in [4.78, 5) is 23.2. The highest BCUT2D eigenvalue weighted by atomic mass is 16.5. The van der Waals surface area contributed by atoms with E-state index < -0.39 is 0 Å². The summed E-state index contributed by atoms with van der Waals surface area (Å²) in [6.07, 6.45) is 16.1. The van der Waals surface area contributed by atoms with Crippen molar-refractivity contribution >= 4 is 11.8 Å². The standard InChI is InChI=1S/C24H30O3/c1-4-22(26)27-14-11-16-6-8-20-19-7-5-17-15-18(25)9-12-24(17,3)21(19)10-13-23(16,20)2/h4,6,9,12,15,19-21H,1,5,7-8,10-11,13-14H2,2-3H3/t19-,20-,21-,23+,24-/m0/s1. The highest BCUT2D eigenvalue weighted by Gasteiger charge is 2.56. The first-order valence-corrected chi connectivity index (χ1v) is 10.3. The van der Waals surface area contributed by atoms with E-state index >= 15 is 0 Å². The maximum absolute atomic E-state index is 11.9. The third kappa shape index (κ3) is 2.86. The molecule has 2 fully saturated rings. The molecule has 27 heavy (non-hydrogen) atoms. The van der Waals surface area contributed by atoms with Gasteiger partial charge in [0.25, 0.3) is 0 Å². The molecule has 0 N–H and O–H groups in total. The van der Waals surface area contributed by atoms with Crippen LogP contribution in [0.4, 0.5) is 0 Å². The van der Waals surface area contributed by atoms with Crippen LogP contribution in [-0.2, 0) is 14.3 Å². The van der Waals surface area contributed by atoms with E-state index in [-0.39, 0.29) is 22.6 Å². The van der Waals surface area contributed by atoms with E-state index in [0.29, 0.717) is 24.4 Å². The van der Waals surface area contributed by atoms with E-state index in [1.807, 2.05) is 6.08 Å². The van der Waals surface area contributed by atoms with Crippen LogP contribution in [0.1, 0.15) is 52.4 Å². The van der Waals surface area contributed by atoms with E-state index in [1.54, 1.807) is 6.08 Å². The van der Waals surface area contributed by atoms with E-state index in [9.17, 15) is 9.59 Å². The Balaban J connectivity index is 1.51. The maximum Gasteiger partial charge on any atom is 0.330 e. The zero-order valence-corrected chi connectivity index (χ0v) is 16.5.